The monoisotopic (exact) mass is 300 g/mol. The molecular weight excluding hydrogens is 288 g/mol. The summed E-state index contributed by atoms with van der Waals surface area (Å²) in [7, 11) is 0. The van der Waals surface area contributed by atoms with Crippen molar-refractivity contribution >= 4 is 22.8 Å². The Morgan fingerprint density at radius 3 is 2.82 bits per heavy atom. The van der Waals surface area contributed by atoms with Gasteiger partial charge >= 0.3 is 5.88 Å². The fourth-order valence-electron chi connectivity index (χ4n) is 2.06. The Kier molecular flexibility index (Phi) is 3.34. The minimum Gasteiger partial charge on any atom is -0.395 e. The van der Waals surface area contributed by atoms with Gasteiger partial charge in [0.2, 0.25) is 0 Å². The van der Waals surface area contributed by atoms with Crippen molar-refractivity contribution in [2.75, 3.05) is 0 Å². The zero-order valence-electron chi connectivity index (χ0n) is 11.6. The minimum atomic E-state index is -0.695. The van der Waals surface area contributed by atoms with E-state index in [0.29, 0.717) is 5.82 Å². The first-order chi connectivity index (χ1) is 10.5. The number of amides is 1. The highest BCUT2D eigenvalue weighted by molar-refractivity contribution is 5.92. The average Bonchev–Trinajstić information content (AvgIpc) is 3.14. The van der Waals surface area contributed by atoms with E-state index in [4.69, 9.17) is 4.42 Å². The number of hydrogen-bond acceptors (Lipinski definition) is 5. The molecule has 0 saturated carbocycles. The van der Waals surface area contributed by atoms with Crippen molar-refractivity contribution in [1.29, 1.82) is 0 Å². The molecule has 8 heteroatoms. The van der Waals surface area contributed by atoms with Crippen LogP contribution in [0.25, 0.3) is 11.0 Å². The third-order valence-corrected chi connectivity index (χ3v) is 3.16. The van der Waals surface area contributed by atoms with Crippen LogP contribution in [0.2, 0.25) is 0 Å². The largest absolute Gasteiger partial charge is 0.433 e. The Balaban J connectivity index is 1.76. The van der Waals surface area contributed by atoms with E-state index in [0.717, 1.165) is 17.1 Å². The van der Waals surface area contributed by atoms with Gasteiger partial charge in [-0.25, -0.2) is 4.98 Å². The maximum atomic E-state index is 12.0. The summed E-state index contributed by atoms with van der Waals surface area (Å²) in [6.07, 6.45) is 0. The first-order valence-electron chi connectivity index (χ1n) is 6.54. The Morgan fingerprint density at radius 2 is 2.14 bits per heavy atom. The van der Waals surface area contributed by atoms with Gasteiger partial charge in [0, 0.05) is 0 Å². The van der Waals surface area contributed by atoms with Gasteiger partial charge in [-0.1, -0.05) is 12.1 Å². The Morgan fingerprint density at radius 1 is 1.36 bits per heavy atom. The lowest BCUT2D eigenvalue weighted by Crippen LogP contribution is -2.26. The molecule has 0 aliphatic rings. The number of aromatic nitrogens is 2. The Bertz CT molecular complexity index is 818. The van der Waals surface area contributed by atoms with Gasteiger partial charge in [-0.3, -0.25) is 14.9 Å². The van der Waals surface area contributed by atoms with E-state index in [1.54, 1.807) is 6.92 Å². The van der Waals surface area contributed by atoms with Gasteiger partial charge in [0.05, 0.1) is 23.1 Å². The van der Waals surface area contributed by atoms with E-state index in [1.807, 2.05) is 24.3 Å². The molecule has 0 fully saturated rings. The van der Waals surface area contributed by atoms with E-state index < -0.39 is 22.8 Å². The summed E-state index contributed by atoms with van der Waals surface area (Å²) in [4.78, 5) is 29.4. The van der Waals surface area contributed by atoms with Crippen LogP contribution < -0.4 is 5.32 Å². The van der Waals surface area contributed by atoms with Gasteiger partial charge in [0.25, 0.3) is 5.91 Å². The lowest BCUT2D eigenvalue weighted by molar-refractivity contribution is -0.402. The molecule has 0 aliphatic heterocycles. The molecule has 0 radical (unpaired) electrons. The SMILES string of the molecule is CC(NC(=O)c1ccc([N+](=O)[O-])o1)c1nc2ccccc2[nH]1. The highest BCUT2D eigenvalue weighted by Gasteiger charge is 2.20. The molecule has 112 valence electrons. The third-order valence-electron chi connectivity index (χ3n) is 3.16. The number of aromatic amines is 1. The summed E-state index contributed by atoms with van der Waals surface area (Å²) in [5.74, 6) is -0.534. The van der Waals surface area contributed by atoms with E-state index in [9.17, 15) is 14.9 Å². The standard InChI is InChI=1S/C14H12N4O4/c1-8(13-16-9-4-2-3-5-10(9)17-13)15-14(19)11-6-7-12(22-11)18(20)21/h2-8H,1H3,(H,15,19)(H,16,17). The number of hydrogen-bond donors (Lipinski definition) is 2. The lowest BCUT2D eigenvalue weighted by atomic mass is 10.3. The maximum absolute atomic E-state index is 12.0. The molecule has 0 spiro atoms. The smallest absolute Gasteiger partial charge is 0.395 e. The summed E-state index contributed by atoms with van der Waals surface area (Å²) in [5.41, 5.74) is 1.67. The zero-order valence-corrected chi connectivity index (χ0v) is 11.6. The molecule has 3 aromatic rings. The van der Waals surface area contributed by atoms with E-state index in [-0.39, 0.29) is 5.76 Å². The lowest BCUT2D eigenvalue weighted by Gasteiger charge is -2.09. The number of furan rings is 1. The van der Waals surface area contributed by atoms with Crippen LogP contribution in [0.3, 0.4) is 0 Å². The molecular formula is C14H12N4O4. The van der Waals surface area contributed by atoms with Gasteiger partial charge in [-0.2, -0.15) is 0 Å². The van der Waals surface area contributed by atoms with Gasteiger partial charge in [-0.05, 0) is 25.1 Å². The molecule has 0 saturated heterocycles. The van der Waals surface area contributed by atoms with Crippen molar-refractivity contribution in [3.05, 3.63) is 58.1 Å². The number of carbonyl (C=O) groups is 1. The second-order valence-corrected chi connectivity index (χ2v) is 4.73. The molecule has 1 aromatic carbocycles. The van der Waals surface area contributed by atoms with Crippen molar-refractivity contribution < 1.29 is 14.1 Å². The fraction of sp³-hybridized carbons (Fsp3) is 0.143. The van der Waals surface area contributed by atoms with Crippen molar-refractivity contribution in [3.8, 4) is 0 Å². The number of imidazole rings is 1. The molecule has 0 aliphatic carbocycles. The summed E-state index contributed by atoms with van der Waals surface area (Å²) in [6, 6.07) is 9.51. The number of benzene rings is 1. The molecule has 2 aromatic heterocycles. The second kappa shape index (κ2) is 5.32. The van der Waals surface area contributed by atoms with Crippen LogP contribution in [-0.4, -0.2) is 20.8 Å². The number of para-hydroxylation sites is 2. The third kappa shape index (κ3) is 2.53. The zero-order chi connectivity index (χ0) is 15.7. The number of H-pyrrole nitrogens is 1. The van der Waals surface area contributed by atoms with E-state index in [1.165, 1.54) is 6.07 Å². The molecule has 8 nitrogen and oxygen atoms in total. The fourth-order valence-corrected chi connectivity index (χ4v) is 2.06. The van der Waals surface area contributed by atoms with Crippen LogP contribution in [0.15, 0.2) is 40.8 Å². The molecule has 2 N–H and O–H groups in total. The van der Waals surface area contributed by atoms with Crippen molar-refractivity contribution in [2.45, 2.75) is 13.0 Å². The van der Waals surface area contributed by atoms with Crippen LogP contribution in [0.1, 0.15) is 29.3 Å². The van der Waals surface area contributed by atoms with Gasteiger partial charge < -0.3 is 14.7 Å². The van der Waals surface area contributed by atoms with Crippen LogP contribution in [0, 0.1) is 10.1 Å². The number of fused-ring (bicyclic) bond motifs is 1. The molecule has 2 heterocycles. The van der Waals surface area contributed by atoms with Crippen LogP contribution in [-0.2, 0) is 0 Å². The van der Waals surface area contributed by atoms with E-state index >= 15 is 0 Å². The quantitative estimate of drug-likeness (QED) is 0.567. The van der Waals surface area contributed by atoms with Gasteiger partial charge in [0.1, 0.15) is 10.7 Å². The second-order valence-electron chi connectivity index (χ2n) is 4.73. The highest BCUT2D eigenvalue weighted by atomic mass is 16.6. The van der Waals surface area contributed by atoms with Crippen LogP contribution >= 0.6 is 0 Å². The number of nitro groups is 1. The Hall–Kier alpha value is -3.16. The van der Waals surface area contributed by atoms with Gasteiger partial charge in [-0.15, -0.1) is 0 Å². The molecule has 1 atom stereocenters. The average molecular weight is 300 g/mol. The number of carbonyl (C=O) groups excluding carboxylic acids is 1. The first kappa shape index (κ1) is 13.8. The van der Waals surface area contributed by atoms with Crippen molar-refractivity contribution in [1.82, 2.24) is 15.3 Å². The predicted molar refractivity (Wildman–Crippen MR) is 77.3 cm³/mol. The normalized spacial score (nSPS) is 12.2. The molecule has 3 rings (SSSR count). The summed E-state index contributed by atoms with van der Waals surface area (Å²) in [6.45, 7) is 1.76. The van der Waals surface area contributed by atoms with Crippen molar-refractivity contribution in [2.24, 2.45) is 0 Å². The highest BCUT2D eigenvalue weighted by Crippen LogP contribution is 2.18. The van der Waals surface area contributed by atoms with Gasteiger partial charge in [0.15, 0.2) is 5.76 Å². The predicted octanol–water partition coefficient (Wildman–Crippen LogP) is 2.56. The molecule has 1 unspecified atom stereocenters. The summed E-state index contributed by atoms with van der Waals surface area (Å²) < 4.78 is 4.86. The number of nitrogens with one attached hydrogen (secondary N) is 2. The van der Waals surface area contributed by atoms with Crippen molar-refractivity contribution in [3.63, 3.8) is 0 Å². The number of rotatable bonds is 4. The molecule has 22 heavy (non-hydrogen) atoms. The first-order valence-corrected chi connectivity index (χ1v) is 6.54. The molecule has 0 bridgehead atoms. The van der Waals surface area contributed by atoms with E-state index in [2.05, 4.69) is 15.3 Å². The van der Waals surface area contributed by atoms with Crippen LogP contribution in [0.5, 0.6) is 0 Å². The minimum absolute atomic E-state index is 0.116. The molecule has 1 amide bonds. The maximum Gasteiger partial charge on any atom is 0.433 e. The topological polar surface area (TPSA) is 114 Å². The summed E-state index contributed by atoms with van der Waals surface area (Å²) in [5, 5.41) is 13.2. The summed E-state index contributed by atoms with van der Waals surface area (Å²) >= 11 is 0. The van der Waals surface area contributed by atoms with Crippen LogP contribution in [0.4, 0.5) is 5.88 Å². The Labute approximate surface area is 124 Å². The number of nitrogens with zero attached hydrogens (tertiary/aromatic N) is 2.